The molecule has 1 aliphatic rings. The first-order valence-corrected chi connectivity index (χ1v) is 10.2. The molecule has 6 nitrogen and oxygen atoms in total. The Kier molecular flexibility index (Phi) is 5.65. The predicted molar refractivity (Wildman–Crippen MR) is 114 cm³/mol. The Morgan fingerprint density at radius 2 is 1.97 bits per heavy atom. The van der Waals surface area contributed by atoms with E-state index < -0.39 is 0 Å². The number of ketones is 1. The molecule has 7 heteroatoms. The third-order valence-corrected chi connectivity index (χ3v) is 5.88. The number of rotatable bonds is 5. The molecule has 3 heterocycles. The molecule has 1 amide bonds. The van der Waals surface area contributed by atoms with Crippen molar-refractivity contribution in [2.75, 3.05) is 18.4 Å². The highest BCUT2D eigenvalue weighted by Crippen LogP contribution is 2.24. The number of amides is 1. The number of aromatic amines is 1. The van der Waals surface area contributed by atoms with Crippen molar-refractivity contribution in [1.29, 1.82) is 0 Å². The van der Waals surface area contributed by atoms with E-state index in [2.05, 4.69) is 20.2 Å². The first-order valence-electron chi connectivity index (χ1n) is 9.79. The molecule has 2 aromatic heterocycles. The summed E-state index contributed by atoms with van der Waals surface area (Å²) >= 11 is 5.83. The molecule has 1 unspecified atom stereocenters. The number of benzene rings is 1. The largest absolute Gasteiger partial charge is 0.360 e. The van der Waals surface area contributed by atoms with Crippen molar-refractivity contribution < 1.29 is 9.59 Å². The third kappa shape index (κ3) is 4.18. The Bertz CT molecular complexity index is 1020. The van der Waals surface area contributed by atoms with Crippen molar-refractivity contribution in [1.82, 2.24) is 14.9 Å². The van der Waals surface area contributed by atoms with Crippen LogP contribution in [0.2, 0.25) is 5.02 Å². The average Bonchev–Trinajstić information content (AvgIpc) is 3.18. The summed E-state index contributed by atoms with van der Waals surface area (Å²) in [5, 5.41) is 4.34. The lowest BCUT2D eigenvalue weighted by Gasteiger charge is -2.34. The average molecular weight is 411 g/mol. The number of H-pyrrole nitrogens is 1. The first kappa shape index (κ1) is 19.6. The van der Waals surface area contributed by atoms with E-state index in [1.807, 2.05) is 31.2 Å². The molecule has 0 spiro atoms. The topological polar surface area (TPSA) is 78.1 Å². The van der Waals surface area contributed by atoms with Crippen LogP contribution in [0.25, 0.3) is 10.9 Å². The number of carbonyl (C=O) groups is 2. The minimum Gasteiger partial charge on any atom is -0.360 e. The summed E-state index contributed by atoms with van der Waals surface area (Å²) in [6, 6.07) is 11.0. The van der Waals surface area contributed by atoms with E-state index in [0.29, 0.717) is 36.8 Å². The summed E-state index contributed by atoms with van der Waals surface area (Å²) in [7, 11) is 0. The van der Waals surface area contributed by atoms with Crippen LogP contribution >= 0.6 is 11.6 Å². The number of pyridine rings is 1. The number of anilines is 1. The molecule has 1 fully saturated rings. The molecular weight excluding hydrogens is 388 g/mol. The van der Waals surface area contributed by atoms with Crippen molar-refractivity contribution in [2.45, 2.75) is 25.8 Å². The second-order valence-electron chi connectivity index (χ2n) is 7.45. The second-order valence-corrected chi connectivity index (χ2v) is 7.89. The molecule has 2 N–H and O–H groups in total. The lowest BCUT2D eigenvalue weighted by atomic mass is 9.93. The van der Waals surface area contributed by atoms with E-state index in [4.69, 9.17) is 11.6 Å². The van der Waals surface area contributed by atoms with Crippen LogP contribution < -0.4 is 5.32 Å². The summed E-state index contributed by atoms with van der Waals surface area (Å²) in [5.74, 6) is 0.495. The Balaban J connectivity index is 1.35. The fraction of sp³-hybridized carbons (Fsp3) is 0.318. The number of para-hydroxylation sites is 1. The van der Waals surface area contributed by atoms with Gasteiger partial charge >= 0.3 is 0 Å². The van der Waals surface area contributed by atoms with Gasteiger partial charge in [0, 0.05) is 34.8 Å². The van der Waals surface area contributed by atoms with E-state index in [-0.39, 0.29) is 23.7 Å². The molecular formula is C22H23ClN4O2. The van der Waals surface area contributed by atoms with Crippen LogP contribution in [0.3, 0.4) is 0 Å². The standard InChI is InChI=1S/C22H23ClN4O2/c1-14(21(28)18-13-24-19-5-3-2-4-17(18)19)27-10-8-15(9-11-27)22(29)26-20-7-6-16(23)12-25-20/h2-7,12-15,24H,8-11H2,1H3,(H,25,26,29). The molecule has 1 saturated heterocycles. The number of hydrogen-bond acceptors (Lipinski definition) is 4. The number of Topliss-reactive ketones (excluding diaryl/α,β-unsaturated/α-hetero) is 1. The van der Waals surface area contributed by atoms with Gasteiger partial charge < -0.3 is 10.3 Å². The number of halogens is 1. The van der Waals surface area contributed by atoms with Gasteiger partial charge in [-0.3, -0.25) is 14.5 Å². The van der Waals surface area contributed by atoms with Gasteiger partial charge in [0.05, 0.1) is 11.1 Å². The SMILES string of the molecule is CC(C(=O)c1c[nH]c2ccccc12)N1CCC(C(=O)Nc2ccc(Cl)cn2)CC1. The number of nitrogens with zero attached hydrogens (tertiary/aromatic N) is 2. The van der Waals surface area contributed by atoms with Crippen LogP contribution in [0.4, 0.5) is 5.82 Å². The van der Waals surface area contributed by atoms with Crippen molar-refractivity contribution >= 4 is 40.0 Å². The van der Waals surface area contributed by atoms with Crippen LogP contribution in [-0.2, 0) is 4.79 Å². The predicted octanol–water partition coefficient (Wildman–Crippen LogP) is 4.14. The highest BCUT2D eigenvalue weighted by Gasteiger charge is 2.31. The van der Waals surface area contributed by atoms with Gasteiger partial charge in [0.1, 0.15) is 5.82 Å². The highest BCUT2D eigenvalue weighted by molar-refractivity contribution is 6.30. The van der Waals surface area contributed by atoms with Crippen LogP contribution in [-0.4, -0.2) is 45.7 Å². The molecule has 29 heavy (non-hydrogen) atoms. The molecule has 1 aliphatic heterocycles. The van der Waals surface area contributed by atoms with Crippen LogP contribution in [0.15, 0.2) is 48.8 Å². The molecule has 4 rings (SSSR count). The van der Waals surface area contributed by atoms with Crippen molar-refractivity contribution in [3.8, 4) is 0 Å². The molecule has 3 aromatic rings. The fourth-order valence-electron chi connectivity index (χ4n) is 3.89. The maximum absolute atomic E-state index is 13.0. The summed E-state index contributed by atoms with van der Waals surface area (Å²) in [5.41, 5.74) is 1.69. The van der Waals surface area contributed by atoms with E-state index in [1.54, 1.807) is 18.3 Å². The monoisotopic (exact) mass is 410 g/mol. The number of likely N-dealkylation sites (tertiary alicyclic amines) is 1. The van der Waals surface area contributed by atoms with Gasteiger partial charge in [-0.25, -0.2) is 4.98 Å². The van der Waals surface area contributed by atoms with Gasteiger partial charge in [0.25, 0.3) is 0 Å². The zero-order valence-electron chi connectivity index (χ0n) is 16.2. The molecule has 1 atom stereocenters. The number of carbonyl (C=O) groups excluding carboxylic acids is 2. The van der Waals surface area contributed by atoms with Crippen LogP contribution in [0.5, 0.6) is 0 Å². The lowest BCUT2D eigenvalue weighted by molar-refractivity contribution is -0.121. The van der Waals surface area contributed by atoms with E-state index >= 15 is 0 Å². The molecule has 1 aromatic carbocycles. The van der Waals surface area contributed by atoms with Gasteiger partial charge in [-0.05, 0) is 51.1 Å². The van der Waals surface area contributed by atoms with Crippen molar-refractivity contribution in [2.24, 2.45) is 5.92 Å². The maximum Gasteiger partial charge on any atom is 0.228 e. The van der Waals surface area contributed by atoms with Crippen molar-refractivity contribution in [3.63, 3.8) is 0 Å². The highest BCUT2D eigenvalue weighted by atomic mass is 35.5. The Labute approximate surface area is 174 Å². The molecule has 0 radical (unpaired) electrons. The Hall–Kier alpha value is -2.70. The van der Waals surface area contributed by atoms with Gasteiger partial charge in [-0.15, -0.1) is 0 Å². The summed E-state index contributed by atoms with van der Waals surface area (Å²) < 4.78 is 0. The summed E-state index contributed by atoms with van der Waals surface area (Å²) in [4.78, 5) is 35.0. The number of nitrogens with one attached hydrogen (secondary N) is 2. The maximum atomic E-state index is 13.0. The quantitative estimate of drug-likeness (QED) is 0.620. The lowest BCUT2D eigenvalue weighted by Crippen LogP contribution is -2.45. The minimum atomic E-state index is -0.226. The Morgan fingerprint density at radius 3 is 2.69 bits per heavy atom. The van der Waals surface area contributed by atoms with E-state index in [9.17, 15) is 9.59 Å². The second kappa shape index (κ2) is 8.35. The first-order chi connectivity index (χ1) is 14.0. The van der Waals surface area contributed by atoms with E-state index in [0.717, 1.165) is 16.5 Å². The summed E-state index contributed by atoms with van der Waals surface area (Å²) in [6.45, 7) is 3.37. The fourth-order valence-corrected chi connectivity index (χ4v) is 4.01. The van der Waals surface area contributed by atoms with Gasteiger partial charge in [-0.1, -0.05) is 29.8 Å². The number of aromatic nitrogens is 2. The van der Waals surface area contributed by atoms with Gasteiger partial charge in [0.15, 0.2) is 5.78 Å². The molecule has 0 aliphatic carbocycles. The smallest absolute Gasteiger partial charge is 0.228 e. The van der Waals surface area contributed by atoms with Gasteiger partial charge in [0.2, 0.25) is 5.91 Å². The number of hydrogen-bond donors (Lipinski definition) is 2. The normalized spacial score (nSPS) is 16.6. The zero-order chi connectivity index (χ0) is 20.4. The van der Waals surface area contributed by atoms with Crippen LogP contribution in [0, 0.1) is 5.92 Å². The number of piperidine rings is 1. The molecule has 0 bridgehead atoms. The third-order valence-electron chi connectivity index (χ3n) is 5.66. The van der Waals surface area contributed by atoms with Gasteiger partial charge in [-0.2, -0.15) is 0 Å². The zero-order valence-corrected chi connectivity index (χ0v) is 16.9. The van der Waals surface area contributed by atoms with Crippen LogP contribution in [0.1, 0.15) is 30.1 Å². The van der Waals surface area contributed by atoms with E-state index in [1.165, 1.54) is 6.20 Å². The molecule has 0 saturated carbocycles. The van der Waals surface area contributed by atoms with Crippen molar-refractivity contribution in [3.05, 3.63) is 59.4 Å². The molecule has 150 valence electrons. The Morgan fingerprint density at radius 1 is 1.21 bits per heavy atom. The minimum absolute atomic E-state index is 0.0323. The number of fused-ring (bicyclic) bond motifs is 1. The summed E-state index contributed by atoms with van der Waals surface area (Å²) in [6.07, 6.45) is 4.73.